The van der Waals surface area contributed by atoms with Crippen LogP contribution in [0.15, 0.2) is 11.6 Å². The van der Waals surface area contributed by atoms with E-state index in [1.54, 1.807) is 5.57 Å². The lowest BCUT2D eigenvalue weighted by atomic mass is 9.47. The van der Waals surface area contributed by atoms with E-state index in [1.807, 2.05) is 0 Å². The summed E-state index contributed by atoms with van der Waals surface area (Å²) in [5.41, 5.74) is 2.25. The second-order valence-electron chi connectivity index (χ2n) is 10.00. The van der Waals surface area contributed by atoms with Crippen molar-refractivity contribution in [2.75, 3.05) is 19.8 Å². The predicted molar refractivity (Wildman–Crippen MR) is 96.9 cm³/mol. The zero-order valence-corrected chi connectivity index (χ0v) is 15.9. The molecule has 1 spiro atoms. The molecule has 0 aromatic carbocycles. The summed E-state index contributed by atoms with van der Waals surface area (Å²) < 4.78 is 12.5. The molecule has 3 nitrogen and oxygen atoms in total. The Morgan fingerprint density at radius 2 is 1.80 bits per heavy atom. The van der Waals surface area contributed by atoms with E-state index in [0.717, 1.165) is 43.8 Å². The van der Waals surface area contributed by atoms with Gasteiger partial charge in [-0.05, 0) is 74.0 Å². The number of allylic oxidation sites excluding steroid dienone is 2. The molecule has 5 rings (SSSR count). The van der Waals surface area contributed by atoms with Crippen molar-refractivity contribution in [3.63, 3.8) is 0 Å². The van der Waals surface area contributed by atoms with Crippen LogP contribution in [0.25, 0.3) is 0 Å². The van der Waals surface area contributed by atoms with Crippen molar-refractivity contribution in [1.29, 1.82) is 0 Å². The third-order valence-corrected chi connectivity index (χ3v) is 9.26. The minimum Gasteiger partial charge on any atom is -0.396 e. The Bertz CT molecular complexity index is 578. The van der Waals surface area contributed by atoms with Gasteiger partial charge in [0.05, 0.1) is 13.2 Å². The van der Waals surface area contributed by atoms with Crippen molar-refractivity contribution in [2.24, 2.45) is 34.5 Å². The molecule has 1 N–H and O–H groups in total. The highest BCUT2D eigenvalue weighted by molar-refractivity contribution is 5.25. The van der Waals surface area contributed by atoms with Crippen LogP contribution >= 0.6 is 0 Å². The quantitative estimate of drug-likeness (QED) is 0.720. The summed E-state index contributed by atoms with van der Waals surface area (Å²) in [5.74, 6) is 2.59. The maximum Gasteiger partial charge on any atom is 0.174 e. The molecular formula is C22H34O3. The second kappa shape index (κ2) is 5.56. The van der Waals surface area contributed by atoms with Crippen LogP contribution < -0.4 is 0 Å². The highest BCUT2D eigenvalue weighted by Crippen LogP contribution is 2.68. The molecule has 1 saturated heterocycles. The van der Waals surface area contributed by atoms with E-state index in [4.69, 9.17) is 9.47 Å². The summed E-state index contributed by atoms with van der Waals surface area (Å²) in [6, 6.07) is 0. The summed E-state index contributed by atoms with van der Waals surface area (Å²) >= 11 is 0. The Morgan fingerprint density at radius 3 is 2.56 bits per heavy atom. The van der Waals surface area contributed by atoms with Crippen LogP contribution in [-0.4, -0.2) is 30.7 Å². The summed E-state index contributed by atoms with van der Waals surface area (Å²) in [5, 5.41) is 9.62. The highest BCUT2D eigenvalue weighted by atomic mass is 16.7. The summed E-state index contributed by atoms with van der Waals surface area (Å²) in [6.45, 7) is 6.93. The van der Waals surface area contributed by atoms with Crippen LogP contribution in [0.2, 0.25) is 0 Å². The SMILES string of the molecule is C[C@]12CC[C@H](CO)CC1=CCC1C2CC[C@@]2(C)C1CCC21OCCO1. The maximum atomic E-state index is 9.62. The van der Waals surface area contributed by atoms with Crippen LogP contribution in [0.1, 0.15) is 65.2 Å². The normalized spacial score (nSPS) is 50.9. The third kappa shape index (κ3) is 2.09. The van der Waals surface area contributed by atoms with E-state index in [-0.39, 0.29) is 11.2 Å². The molecule has 0 radical (unpaired) electrons. The van der Waals surface area contributed by atoms with E-state index >= 15 is 0 Å². The Labute approximate surface area is 152 Å². The van der Waals surface area contributed by atoms with Crippen molar-refractivity contribution in [2.45, 2.75) is 71.0 Å². The van der Waals surface area contributed by atoms with Gasteiger partial charge in [-0.2, -0.15) is 0 Å². The highest BCUT2D eigenvalue weighted by Gasteiger charge is 2.66. The molecule has 0 amide bonds. The van der Waals surface area contributed by atoms with Gasteiger partial charge in [0.15, 0.2) is 5.79 Å². The van der Waals surface area contributed by atoms with Crippen molar-refractivity contribution in [1.82, 2.24) is 0 Å². The van der Waals surface area contributed by atoms with Gasteiger partial charge in [-0.3, -0.25) is 0 Å². The minimum absolute atomic E-state index is 0.203. The molecule has 0 aromatic heterocycles. The van der Waals surface area contributed by atoms with Gasteiger partial charge < -0.3 is 14.6 Å². The lowest BCUT2D eigenvalue weighted by molar-refractivity contribution is -0.242. The van der Waals surface area contributed by atoms with Gasteiger partial charge in [-0.1, -0.05) is 25.5 Å². The molecule has 1 heterocycles. The average molecular weight is 347 g/mol. The van der Waals surface area contributed by atoms with Gasteiger partial charge in [-0.25, -0.2) is 0 Å². The number of rotatable bonds is 1. The Balaban J connectivity index is 1.46. The topological polar surface area (TPSA) is 38.7 Å². The average Bonchev–Trinajstić information content (AvgIpc) is 3.21. The molecule has 140 valence electrons. The van der Waals surface area contributed by atoms with Crippen LogP contribution in [0.3, 0.4) is 0 Å². The van der Waals surface area contributed by atoms with Crippen molar-refractivity contribution in [3.05, 3.63) is 11.6 Å². The van der Waals surface area contributed by atoms with Crippen LogP contribution in [0.5, 0.6) is 0 Å². The smallest absolute Gasteiger partial charge is 0.174 e. The fourth-order valence-electron chi connectivity index (χ4n) is 7.78. The number of fused-ring (bicyclic) bond motifs is 6. The third-order valence-electron chi connectivity index (χ3n) is 9.26. The number of ether oxygens (including phenoxy) is 2. The van der Waals surface area contributed by atoms with Crippen LogP contribution in [-0.2, 0) is 9.47 Å². The Kier molecular flexibility index (Phi) is 3.73. The molecule has 4 aliphatic carbocycles. The monoisotopic (exact) mass is 346 g/mol. The number of hydrogen-bond acceptors (Lipinski definition) is 3. The lowest BCUT2D eigenvalue weighted by Gasteiger charge is -2.58. The van der Waals surface area contributed by atoms with Crippen LogP contribution in [0, 0.1) is 34.5 Å². The van der Waals surface area contributed by atoms with E-state index in [9.17, 15) is 5.11 Å². The summed E-state index contributed by atoms with van der Waals surface area (Å²) in [7, 11) is 0. The van der Waals surface area contributed by atoms with Crippen molar-refractivity contribution in [3.8, 4) is 0 Å². The summed E-state index contributed by atoms with van der Waals surface area (Å²) in [4.78, 5) is 0. The van der Waals surface area contributed by atoms with Crippen LogP contribution in [0.4, 0.5) is 0 Å². The molecule has 3 saturated carbocycles. The second-order valence-corrected chi connectivity index (χ2v) is 10.00. The van der Waals surface area contributed by atoms with Gasteiger partial charge in [-0.15, -0.1) is 0 Å². The van der Waals surface area contributed by atoms with E-state index in [1.165, 1.54) is 38.5 Å². The van der Waals surface area contributed by atoms with Gasteiger partial charge in [0, 0.05) is 18.4 Å². The molecule has 0 bridgehead atoms. The molecule has 3 unspecified atom stereocenters. The number of aliphatic hydroxyl groups excluding tert-OH is 1. The fourth-order valence-corrected chi connectivity index (χ4v) is 7.78. The Morgan fingerprint density at radius 1 is 1.04 bits per heavy atom. The zero-order chi connectivity index (χ0) is 17.3. The zero-order valence-electron chi connectivity index (χ0n) is 15.9. The molecular weight excluding hydrogens is 312 g/mol. The van der Waals surface area contributed by atoms with Gasteiger partial charge >= 0.3 is 0 Å². The lowest BCUT2D eigenvalue weighted by Crippen LogP contribution is -2.54. The predicted octanol–water partition coefficient (Wildman–Crippen LogP) is 4.30. The van der Waals surface area contributed by atoms with Gasteiger partial charge in [0.1, 0.15) is 0 Å². The largest absolute Gasteiger partial charge is 0.396 e. The van der Waals surface area contributed by atoms with Crippen molar-refractivity contribution >= 4 is 0 Å². The first-order valence-electron chi connectivity index (χ1n) is 10.6. The summed E-state index contributed by atoms with van der Waals surface area (Å²) in [6.07, 6.45) is 12.4. The first-order chi connectivity index (χ1) is 12.0. The molecule has 5 aliphatic rings. The molecule has 1 aliphatic heterocycles. The maximum absolute atomic E-state index is 9.62. The van der Waals surface area contributed by atoms with E-state index < -0.39 is 0 Å². The molecule has 0 aromatic rings. The minimum atomic E-state index is -0.276. The first kappa shape index (κ1) is 16.8. The first-order valence-corrected chi connectivity index (χ1v) is 10.6. The molecule has 25 heavy (non-hydrogen) atoms. The van der Waals surface area contributed by atoms with E-state index in [2.05, 4.69) is 19.9 Å². The Hall–Kier alpha value is -0.380. The molecule has 4 fully saturated rings. The van der Waals surface area contributed by atoms with Gasteiger partial charge in [0.2, 0.25) is 0 Å². The number of aliphatic hydroxyl groups is 1. The number of hydrogen-bond donors (Lipinski definition) is 1. The van der Waals surface area contributed by atoms with Crippen molar-refractivity contribution < 1.29 is 14.6 Å². The molecule has 3 heteroatoms. The van der Waals surface area contributed by atoms with E-state index in [0.29, 0.717) is 17.9 Å². The standard InChI is InChI=1S/C22H34O3/c1-20-8-5-15(14-23)13-16(20)3-4-17-18(20)6-9-21(2)19(17)7-10-22(21)24-11-12-25-22/h3,15,17-19,23H,4-14H2,1-2H3/t15-,17?,18?,19?,20-,21-/m0/s1. The molecule has 6 atom stereocenters. The van der Waals surface area contributed by atoms with Gasteiger partial charge in [0.25, 0.3) is 0 Å². The fraction of sp³-hybridized carbons (Fsp3) is 0.909.